The second-order valence-corrected chi connectivity index (χ2v) is 5.37. The van der Waals surface area contributed by atoms with E-state index in [-0.39, 0.29) is 11.6 Å². The second kappa shape index (κ2) is 8.10. The zero-order chi connectivity index (χ0) is 17.5. The minimum atomic E-state index is -0.508. The third kappa shape index (κ3) is 4.32. The number of rotatable bonds is 6. The summed E-state index contributed by atoms with van der Waals surface area (Å²) in [5.41, 5.74) is 1.77. The third-order valence-corrected chi connectivity index (χ3v) is 3.60. The molecule has 0 aliphatic rings. The Bertz CT molecular complexity index is 731. The first kappa shape index (κ1) is 17.5. The highest BCUT2D eigenvalue weighted by Crippen LogP contribution is 2.18. The molecule has 0 spiro atoms. The molecule has 24 heavy (non-hydrogen) atoms. The van der Waals surface area contributed by atoms with Crippen LogP contribution >= 0.6 is 0 Å². The van der Waals surface area contributed by atoms with Gasteiger partial charge in [0.1, 0.15) is 5.69 Å². The van der Waals surface area contributed by atoms with E-state index < -0.39 is 5.97 Å². The van der Waals surface area contributed by atoms with Gasteiger partial charge in [0.25, 0.3) is 5.91 Å². The molecule has 0 radical (unpaired) electrons. The molecular weight excluding hydrogens is 306 g/mol. The van der Waals surface area contributed by atoms with Gasteiger partial charge in [-0.3, -0.25) is 9.78 Å². The molecule has 1 unspecified atom stereocenters. The van der Waals surface area contributed by atoms with Crippen LogP contribution in [0.4, 0.5) is 11.4 Å². The summed E-state index contributed by atoms with van der Waals surface area (Å²) in [6.45, 7) is 4.14. The fourth-order valence-electron chi connectivity index (χ4n) is 2.10. The Morgan fingerprint density at radius 1 is 1.25 bits per heavy atom. The van der Waals surface area contributed by atoms with Crippen LogP contribution < -0.4 is 10.6 Å². The molecular formula is C18H21N3O3. The van der Waals surface area contributed by atoms with Crippen molar-refractivity contribution in [2.45, 2.75) is 26.3 Å². The number of aromatic nitrogens is 1. The lowest BCUT2D eigenvalue weighted by Crippen LogP contribution is -2.18. The van der Waals surface area contributed by atoms with Crippen molar-refractivity contribution in [2.24, 2.45) is 0 Å². The Balaban J connectivity index is 2.19. The van der Waals surface area contributed by atoms with E-state index >= 15 is 0 Å². The summed E-state index contributed by atoms with van der Waals surface area (Å²) in [6, 6.07) is 10.5. The maximum atomic E-state index is 12.4. The highest BCUT2D eigenvalue weighted by Gasteiger charge is 2.15. The minimum absolute atomic E-state index is 0.267. The monoisotopic (exact) mass is 327 g/mol. The summed E-state index contributed by atoms with van der Waals surface area (Å²) < 4.78 is 4.72. The molecule has 6 heteroatoms. The van der Waals surface area contributed by atoms with Crippen LogP contribution in [0.15, 0.2) is 42.6 Å². The van der Waals surface area contributed by atoms with E-state index in [4.69, 9.17) is 4.74 Å². The number of benzene rings is 1. The Hall–Kier alpha value is -2.89. The van der Waals surface area contributed by atoms with Gasteiger partial charge < -0.3 is 15.4 Å². The number of ether oxygens (including phenoxy) is 1. The van der Waals surface area contributed by atoms with E-state index in [2.05, 4.69) is 29.5 Å². The first-order valence-corrected chi connectivity index (χ1v) is 7.76. The summed E-state index contributed by atoms with van der Waals surface area (Å²) in [5.74, 6) is -0.898. The molecule has 1 aromatic carbocycles. The van der Waals surface area contributed by atoms with Crippen molar-refractivity contribution in [2.75, 3.05) is 17.7 Å². The molecule has 1 amide bonds. The van der Waals surface area contributed by atoms with Crippen LogP contribution in [0.3, 0.4) is 0 Å². The molecule has 1 atom stereocenters. The maximum Gasteiger partial charge on any atom is 0.339 e. The van der Waals surface area contributed by atoms with Gasteiger partial charge in [-0.15, -0.1) is 0 Å². The molecule has 0 bridgehead atoms. The van der Waals surface area contributed by atoms with Crippen molar-refractivity contribution in [1.29, 1.82) is 0 Å². The maximum absolute atomic E-state index is 12.4. The number of hydrogen-bond acceptors (Lipinski definition) is 5. The van der Waals surface area contributed by atoms with Gasteiger partial charge in [0.2, 0.25) is 0 Å². The quantitative estimate of drug-likeness (QED) is 0.796. The first-order valence-electron chi connectivity index (χ1n) is 7.76. The summed E-state index contributed by atoms with van der Waals surface area (Å²) in [5, 5.41) is 6.00. The summed E-state index contributed by atoms with van der Waals surface area (Å²) in [4.78, 5) is 28.3. The molecule has 126 valence electrons. The van der Waals surface area contributed by atoms with Gasteiger partial charge >= 0.3 is 5.97 Å². The van der Waals surface area contributed by atoms with E-state index in [0.717, 1.165) is 12.1 Å². The van der Waals surface area contributed by atoms with Gasteiger partial charge in [-0.25, -0.2) is 4.79 Å². The lowest BCUT2D eigenvalue weighted by atomic mass is 10.1. The van der Waals surface area contributed by atoms with Gasteiger partial charge in [0.05, 0.1) is 18.4 Å². The van der Waals surface area contributed by atoms with Gasteiger partial charge in [0.15, 0.2) is 0 Å². The number of methoxy groups -OCH3 is 1. The molecule has 0 fully saturated rings. The van der Waals surface area contributed by atoms with Gasteiger partial charge in [-0.1, -0.05) is 19.1 Å². The van der Waals surface area contributed by atoms with Crippen molar-refractivity contribution in [3.63, 3.8) is 0 Å². The average Bonchev–Trinajstić information content (AvgIpc) is 2.61. The largest absolute Gasteiger partial charge is 0.465 e. The van der Waals surface area contributed by atoms with Crippen molar-refractivity contribution in [1.82, 2.24) is 4.98 Å². The zero-order valence-corrected chi connectivity index (χ0v) is 14.0. The summed E-state index contributed by atoms with van der Waals surface area (Å²) in [7, 11) is 1.30. The van der Waals surface area contributed by atoms with Crippen molar-refractivity contribution < 1.29 is 14.3 Å². The fourth-order valence-corrected chi connectivity index (χ4v) is 2.10. The van der Waals surface area contributed by atoms with Crippen molar-refractivity contribution in [3.8, 4) is 0 Å². The number of pyridine rings is 1. The van der Waals surface area contributed by atoms with Crippen LogP contribution in [0.1, 0.15) is 41.1 Å². The SMILES string of the molecule is CCC(C)Nc1ccnc(C(=O)Nc2ccccc2C(=O)OC)c1. The predicted octanol–water partition coefficient (Wildman–Crippen LogP) is 3.33. The molecule has 2 aromatic rings. The first-order chi connectivity index (χ1) is 11.5. The lowest BCUT2D eigenvalue weighted by Gasteiger charge is -2.14. The molecule has 0 aliphatic carbocycles. The Morgan fingerprint density at radius 3 is 2.71 bits per heavy atom. The van der Waals surface area contributed by atoms with E-state index in [1.807, 2.05) is 6.07 Å². The van der Waals surface area contributed by atoms with Crippen LogP contribution in [0.25, 0.3) is 0 Å². The number of nitrogens with one attached hydrogen (secondary N) is 2. The number of carbonyl (C=O) groups is 2. The molecule has 2 rings (SSSR count). The Labute approximate surface area is 141 Å². The standard InChI is InChI=1S/C18H21N3O3/c1-4-12(2)20-13-9-10-19-16(11-13)17(22)21-15-8-6-5-7-14(15)18(23)24-3/h5-12H,4H2,1-3H3,(H,19,20)(H,21,22). The van der Waals surface area contributed by atoms with Gasteiger partial charge in [0, 0.05) is 17.9 Å². The smallest absolute Gasteiger partial charge is 0.339 e. The topological polar surface area (TPSA) is 80.3 Å². The number of carbonyl (C=O) groups excluding carboxylic acids is 2. The number of hydrogen-bond donors (Lipinski definition) is 2. The highest BCUT2D eigenvalue weighted by molar-refractivity contribution is 6.07. The Kier molecular flexibility index (Phi) is 5.89. The predicted molar refractivity (Wildman–Crippen MR) is 93.3 cm³/mol. The molecule has 0 aliphatic heterocycles. The highest BCUT2D eigenvalue weighted by atomic mass is 16.5. The minimum Gasteiger partial charge on any atom is -0.465 e. The van der Waals surface area contributed by atoms with Gasteiger partial charge in [-0.2, -0.15) is 0 Å². The molecule has 6 nitrogen and oxygen atoms in total. The van der Waals surface area contributed by atoms with Crippen LogP contribution in [-0.4, -0.2) is 30.0 Å². The van der Waals surface area contributed by atoms with Crippen molar-refractivity contribution in [3.05, 3.63) is 53.9 Å². The van der Waals surface area contributed by atoms with Crippen LogP contribution in [0.5, 0.6) is 0 Å². The van der Waals surface area contributed by atoms with E-state index in [1.165, 1.54) is 7.11 Å². The Morgan fingerprint density at radius 2 is 2.00 bits per heavy atom. The van der Waals surface area contributed by atoms with Crippen LogP contribution in [0.2, 0.25) is 0 Å². The van der Waals surface area contributed by atoms with Crippen LogP contribution in [-0.2, 0) is 4.74 Å². The summed E-state index contributed by atoms with van der Waals surface area (Å²) >= 11 is 0. The fraction of sp³-hybridized carbons (Fsp3) is 0.278. The molecule has 1 heterocycles. The average molecular weight is 327 g/mol. The number of amides is 1. The molecule has 0 saturated heterocycles. The number of para-hydroxylation sites is 1. The second-order valence-electron chi connectivity index (χ2n) is 5.37. The van der Waals surface area contributed by atoms with E-state index in [9.17, 15) is 9.59 Å². The lowest BCUT2D eigenvalue weighted by molar-refractivity contribution is 0.0602. The van der Waals surface area contributed by atoms with Crippen LogP contribution in [0, 0.1) is 0 Å². The number of esters is 1. The zero-order valence-electron chi connectivity index (χ0n) is 14.0. The number of nitrogens with zero attached hydrogens (tertiary/aromatic N) is 1. The summed E-state index contributed by atoms with van der Waals surface area (Å²) in [6.07, 6.45) is 2.54. The normalized spacial score (nSPS) is 11.5. The molecule has 1 aromatic heterocycles. The van der Waals surface area contributed by atoms with E-state index in [1.54, 1.807) is 36.5 Å². The van der Waals surface area contributed by atoms with Gasteiger partial charge in [-0.05, 0) is 37.6 Å². The number of anilines is 2. The molecule has 0 saturated carbocycles. The van der Waals surface area contributed by atoms with Crippen molar-refractivity contribution >= 4 is 23.3 Å². The van der Waals surface area contributed by atoms with E-state index in [0.29, 0.717) is 17.3 Å². The molecule has 2 N–H and O–H groups in total. The third-order valence-electron chi connectivity index (χ3n) is 3.60.